The zero-order chi connectivity index (χ0) is 14.7. The predicted octanol–water partition coefficient (Wildman–Crippen LogP) is 3.11. The van der Waals surface area contributed by atoms with Gasteiger partial charge in [-0.15, -0.1) is 0 Å². The molecule has 3 nitrogen and oxygen atoms in total. The molecule has 1 aliphatic heterocycles. The van der Waals surface area contributed by atoms with Crippen LogP contribution in [0.15, 0.2) is 30.3 Å². The molecule has 1 aromatic rings. The van der Waals surface area contributed by atoms with Crippen LogP contribution in [0.3, 0.4) is 0 Å². The van der Waals surface area contributed by atoms with Crippen molar-refractivity contribution in [3.05, 3.63) is 35.9 Å². The smallest absolute Gasteiger partial charge is 0.0731 e. The molecule has 0 aromatic heterocycles. The Bertz CT molecular complexity index is 434. The van der Waals surface area contributed by atoms with Crippen LogP contribution in [0, 0.1) is 0 Å². The highest BCUT2D eigenvalue weighted by Crippen LogP contribution is 2.33. The lowest BCUT2D eigenvalue weighted by Gasteiger charge is -2.48. The van der Waals surface area contributed by atoms with Gasteiger partial charge in [-0.2, -0.15) is 0 Å². The Hall–Kier alpha value is -0.900. The Balaban J connectivity index is 1.78. The number of morpholine rings is 1. The summed E-state index contributed by atoms with van der Waals surface area (Å²) in [6.07, 6.45) is 6.67. The molecule has 3 heteroatoms. The van der Waals surface area contributed by atoms with E-state index in [0.717, 1.165) is 19.6 Å². The monoisotopic (exact) mass is 288 g/mol. The molecule has 1 aliphatic carbocycles. The summed E-state index contributed by atoms with van der Waals surface area (Å²) in [6.45, 7) is 4.15. The van der Waals surface area contributed by atoms with Gasteiger partial charge in [0, 0.05) is 24.7 Å². The standard InChI is InChI=1S/C18H28N2O/c1-2-15(18(19)14-8-4-3-5-9-14)20-12-13-21-17-11-7-6-10-16(17)20/h3-5,8-9,15-18H,2,6-7,10-13,19H2,1H3. The van der Waals surface area contributed by atoms with Gasteiger partial charge in [-0.25, -0.2) is 0 Å². The summed E-state index contributed by atoms with van der Waals surface area (Å²) in [5.41, 5.74) is 7.87. The number of hydrogen-bond donors (Lipinski definition) is 1. The number of rotatable bonds is 4. The van der Waals surface area contributed by atoms with Gasteiger partial charge in [0.05, 0.1) is 12.7 Å². The van der Waals surface area contributed by atoms with E-state index in [1.165, 1.54) is 31.2 Å². The molecule has 1 saturated heterocycles. The Morgan fingerprint density at radius 1 is 1.24 bits per heavy atom. The minimum absolute atomic E-state index is 0.0943. The van der Waals surface area contributed by atoms with Gasteiger partial charge in [0.25, 0.3) is 0 Å². The van der Waals surface area contributed by atoms with E-state index in [0.29, 0.717) is 18.2 Å². The molecule has 4 unspecified atom stereocenters. The summed E-state index contributed by atoms with van der Waals surface area (Å²) in [5.74, 6) is 0. The summed E-state index contributed by atoms with van der Waals surface area (Å²) in [6, 6.07) is 11.6. The van der Waals surface area contributed by atoms with E-state index in [1.807, 2.05) is 0 Å². The second-order valence-electron chi connectivity index (χ2n) is 6.41. The molecule has 0 bridgehead atoms. The van der Waals surface area contributed by atoms with Gasteiger partial charge in [0.2, 0.25) is 0 Å². The maximum atomic E-state index is 6.62. The zero-order valence-electron chi connectivity index (χ0n) is 13.1. The average molecular weight is 288 g/mol. The van der Waals surface area contributed by atoms with Crippen LogP contribution < -0.4 is 5.73 Å². The van der Waals surface area contributed by atoms with Crippen LogP contribution >= 0.6 is 0 Å². The second-order valence-corrected chi connectivity index (χ2v) is 6.41. The molecule has 21 heavy (non-hydrogen) atoms. The molecule has 0 radical (unpaired) electrons. The maximum absolute atomic E-state index is 6.62. The molecular weight excluding hydrogens is 260 g/mol. The van der Waals surface area contributed by atoms with Crippen molar-refractivity contribution in [2.45, 2.75) is 63.3 Å². The quantitative estimate of drug-likeness (QED) is 0.925. The Labute approximate surface area is 128 Å². The van der Waals surface area contributed by atoms with Crippen LogP contribution in [0.25, 0.3) is 0 Å². The fourth-order valence-electron chi connectivity index (χ4n) is 4.13. The molecule has 1 heterocycles. The zero-order valence-corrected chi connectivity index (χ0v) is 13.1. The van der Waals surface area contributed by atoms with Crippen LogP contribution in [0.2, 0.25) is 0 Å². The Morgan fingerprint density at radius 3 is 2.76 bits per heavy atom. The van der Waals surface area contributed by atoms with Crippen molar-refractivity contribution in [3.63, 3.8) is 0 Å². The Morgan fingerprint density at radius 2 is 2.00 bits per heavy atom. The predicted molar refractivity (Wildman–Crippen MR) is 86.2 cm³/mol. The summed E-state index contributed by atoms with van der Waals surface area (Å²) in [5, 5.41) is 0. The lowest BCUT2D eigenvalue weighted by atomic mass is 9.87. The highest BCUT2D eigenvalue weighted by atomic mass is 16.5. The number of nitrogens with zero attached hydrogens (tertiary/aromatic N) is 1. The highest BCUT2D eigenvalue weighted by molar-refractivity contribution is 5.20. The van der Waals surface area contributed by atoms with Crippen molar-refractivity contribution in [3.8, 4) is 0 Å². The van der Waals surface area contributed by atoms with Gasteiger partial charge in [-0.3, -0.25) is 4.90 Å². The van der Waals surface area contributed by atoms with Gasteiger partial charge in [-0.1, -0.05) is 50.1 Å². The first-order valence-electron chi connectivity index (χ1n) is 8.49. The fraction of sp³-hybridized carbons (Fsp3) is 0.667. The molecule has 3 rings (SSSR count). The van der Waals surface area contributed by atoms with Crippen LogP contribution in [0.4, 0.5) is 0 Å². The molecule has 116 valence electrons. The normalized spacial score (nSPS) is 29.6. The lowest BCUT2D eigenvalue weighted by Crippen LogP contribution is -2.58. The van der Waals surface area contributed by atoms with Crippen molar-refractivity contribution >= 4 is 0 Å². The third kappa shape index (κ3) is 3.15. The van der Waals surface area contributed by atoms with E-state index in [-0.39, 0.29) is 6.04 Å². The van der Waals surface area contributed by atoms with Crippen LogP contribution in [0.5, 0.6) is 0 Å². The third-order valence-electron chi connectivity index (χ3n) is 5.22. The van der Waals surface area contributed by atoms with E-state index >= 15 is 0 Å². The van der Waals surface area contributed by atoms with Gasteiger partial charge in [0.1, 0.15) is 0 Å². The fourth-order valence-corrected chi connectivity index (χ4v) is 4.13. The minimum atomic E-state index is 0.0943. The van der Waals surface area contributed by atoms with Gasteiger partial charge in [-0.05, 0) is 24.8 Å². The largest absolute Gasteiger partial charge is 0.375 e. The molecule has 2 N–H and O–H groups in total. The van der Waals surface area contributed by atoms with Gasteiger partial charge < -0.3 is 10.5 Å². The highest BCUT2D eigenvalue weighted by Gasteiger charge is 2.38. The third-order valence-corrected chi connectivity index (χ3v) is 5.22. The molecule has 0 spiro atoms. The molecule has 4 atom stereocenters. The number of ether oxygens (including phenoxy) is 1. The SMILES string of the molecule is CCC(C(N)c1ccccc1)N1CCOC2CCCCC21. The lowest BCUT2D eigenvalue weighted by molar-refractivity contribution is -0.106. The molecule has 0 amide bonds. The van der Waals surface area contributed by atoms with Crippen molar-refractivity contribution in [2.24, 2.45) is 5.73 Å². The second kappa shape index (κ2) is 6.91. The van der Waals surface area contributed by atoms with E-state index in [2.05, 4.69) is 42.2 Å². The van der Waals surface area contributed by atoms with Crippen molar-refractivity contribution in [1.29, 1.82) is 0 Å². The van der Waals surface area contributed by atoms with E-state index in [9.17, 15) is 0 Å². The van der Waals surface area contributed by atoms with Crippen LogP contribution in [0.1, 0.15) is 50.6 Å². The van der Waals surface area contributed by atoms with Crippen molar-refractivity contribution in [2.75, 3.05) is 13.2 Å². The number of fused-ring (bicyclic) bond motifs is 1. The van der Waals surface area contributed by atoms with Gasteiger partial charge >= 0.3 is 0 Å². The van der Waals surface area contributed by atoms with Crippen LogP contribution in [-0.4, -0.2) is 36.2 Å². The van der Waals surface area contributed by atoms with Crippen molar-refractivity contribution < 1.29 is 4.74 Å². The first-order valence-corrected chi connectivity index (χ1v) is 8.49. The summed E-state index contributed by atoms with van der Waals surface area (Å²) < 4.78 is 6.01. The summed E-state index contributed by atoms with van der Waals surface area (Å²) in [4.78, 5) is 2.66. The maximum Gasteiger partial charge on any atom is 0.0731 e. The average Bonchev–Trinajstić information content (AvgIpc) is 2.56. The number of hydrogen-bond acceptors (Lipinski definition) is 3. The number of benzene rings is 1. The first-order chi connectivity index (χ1) is 10.3. The van der Waals surface area contributed by atoms with E-state index < -0.39 is 0 Å². The molecule has 1 aromatic carbocycles. The Kier molecular flexibility index (Phi) is 4.94. The molecular formula is C18H28N2O. The van der Waals surface area contributed by atoms with Gasteiger partial charge in [0.15, 0.2) is 0 Å². The van der Waals surface area contributed by atoms with E-state index in [4.69, 9.17) is 10.5 Å². The topological polar surface area (TPSA) is 38.5 Å². The molecule has 2 aliphatic rings. The molecule has 1 saturated carbocycles. The number of nitrogens with two attached hydrogens (primary N) is 1. The molecule has 2 fully saturated rings. The first kappa shape index (κ1) is 15.0. The van der Waals surface area contributed by atoms with Crippen molar-refractivity contribution in [1.82, 2.24) is 4.90 Å². The van der Waals surface area contributed by atoms with Crippen LogP contribution in [-0.2, 0) is 4.74 Å². The summed E-state index contributed by atoms with van der Waals surface area (Å²) >= 11 is 0. The van der Waals surface area contributed by atoms with E-state index in [1.54, 1.807) is 0 Å². The summed E-state index contributed by atoms with van der Waals surface area (Å²) in [7, 11) is 0. The minimum Gasteiger partial charge on any atom is -0.375 e.